The molecule has 0 saturated carbocycles. The van der Waals surface area contributed by atoms with E-state index in [1.54, 1.807) is 24.3 Å². The SMILES string of the molecule is COC(=O)C(=[N+]=[N-])c1ccccc1-c1ccccc1Cl. The molecule has 100 valence electrons. The van der Waals surface area contributed by atoms with Gasteiger partial charge in [0.15, 0.2) is 0 Å². The van der Waals surface area contributed by atoms with Gasteiger partial charge >= 0.3 is 11.7 Å². The highest BCUT2D eigenvalue weighted by Gasteiger charge is 2.27. The van der Waals surface area contributed by atoms with Crippen molar-refractivity contribution >= 4 is 23.3 Å². The minimum absolute atomic E-state index is 0.164. The Kier molecular flexibility index (Phi) is 4.31. The lowest BCUT2D eigenvalue weighted by Gasteiger charge is -2.07. The number of hydrogen-bond acceptors (Lipinski definition) is 2. The van der Waals surface area contributed by atoms with Crippen molar-refractivity contribution < 1.29 is 14.3 Å². The van der Waals surface area contributed by atoms with Crippen LogP contribution in [-0.2, 0) is 9.53 Å². The van der Waals surface area contributed by atoms with Crippen LogP contribution in [-0.4, -0.2) is 23.6 Å². The smallest absolute Gasteiger partial charge is 0.422 e. The minimum atomic E-state index is -0.716. The molecule has 0 spiro atoms. The number of methoxy groups -OCH3 is 1. The van der Waals surface area contributed by atoms with Crippen LogP contribution in [0.1, 0.15) is 5.56 Å². The van der Waals surface area contributed by atoms with E-state index in [2.05, 4.69) is 9.53 Å². The second-order valence-corrected chi connectivity index (χ2v) is 4.37. The van der Waals surface area contributed by atoms with Crippen molar-refractivity contribution in [1.29, 1.82) is 0 Å². The van der Waals surface area contributed by atoms with Crippen LogP contribution in [0, 0.1) is 0 Å². The Bertz CT molecular complexity index is 707. The van der Waals surface area contributed by atoms with Crippen LogP contribution in [0.2, 0.25) is 5.02 Å². The molecule has 0 amide bonds. The van der Waals surface area contributed by atoms with E-state index in [-0.39, 0.29) is 5.71 Å². The third-order valence-electron chi connectivity index (χ3n) is 2.82. The van der Waals surface area contributed by atoms with E-state index < -0.39 is 5.97 Å². The number of ether oxygens (including phenoxy) is 1. The molecule has 0 aliphatic rings. The first kappa shape index (κ1) is 14.0. The molecule has 4 nitrogen and oxygen atoms in total. The molecular formula is C15H11ClN2O2. The molecule has 2 aromatic rings. The molecule has 5 heteroatoms. The molecule has 0 aliphatic heterocycles. The zero-order chi connectivity index (χ0) is 14.5. The first-order valence-electron chi connectivity index (χ1n) is 5.83. The fraction of sp³-hybridized carbons (Fsp3) is 0.0667. The van der Waals surface area contributed by atoms with Crippen LogP contribution in [0.25, 0.3) is 16.7 Å². The molecule has 0 fully saturated rings. The van der Waals surface area contributed by atoms with Crippen LogP contribution >= 0.6 is 11.6 Å². The predicted octanol–water partition coefficient (Wildman–Crippen LogP) is 3.20. The minimum Gasteiger partial charge on any atom is -0.460 e. The van der Waals surface area contributed by atoms with Gasteiger partial charge in [-0.3, -0.25) is 0 Å². The Balaban J connectivity index is 2.66. The Hall–Kier alpha value is -2.42. The highest BCUT2D eigenvalue weighted by Crippen LogP contribution is 2.30. The van der Waals surface area contributed by atoms with Crippen LogP contribution in [0.4, 0.5) is 0 Å². The molecule has 0 atom stereocenters. The van der Waals surface area contributed by atoms with Crippen LogP contribution in [0.3, 0.4) is 0 Å². The Morgan fingerprint density at radius 2 is 1.70 bits per heavy atom. The van der Waals surface area contributed by atoms with Crippen molar-refractivity contribution in [3.05, 3.63) is 64.6 Å². The van der Waals surface area contributed by atoms with Gasteiger partial charge in [-0.25, -0.2) is 4.79 Å². The number of carbonyl (C=O) groups excluding carboxylic acids is 1. The maximum atomic E-state index is 11.7. The Morgan fingerprint density at radius 1 is 1.10 bits per heavy atom. The largest absolute Gasteiger partial charge is 0.460 e. The van der Waals surface area contributed by atoms with E-state index in [1.807, 2.05) is 24.3 Å². The van der Waals surface area contributed by atoms with Crippen molar-refractivity contribution in [3.8, 4) is 11.1 Å². The molecule has 2 aromatic carbocycles. The summed E-state index contributed by atoms with van der Waals surface area (Å²) in [6.07, 6.45) is 0. The van der Waals surface area contributed by atoms with Gasteiger partial charge in [-0.05, 0) is 17.7 Å². The van der Waals surface area contributed by atoms with Crippen molar-refractivity contribution in [2.45, 2.75) is 0 Å². The summed E-state index contributed by atoms with van der Waals surface area (Å²) in [4.78, 5) is 14.7. The molecule has 0 bridgehead atoms. The van der Waals surface area contributed by atoms with Gasteiger partial charge in [0.25, 0.3) is 0 Å². The number of rotatable bonds is 3. The lowest BCUT2D eigenvalue weighted by atomic mass is 9.96. The maximum Gasteiger partial charge on any atom is 0.422 e. The molecular weight excluding hydrogens is 276 g/mol. The van der Waals surface area contributed by atoms with Gasteiger partial charge in [0.05, 0.1) is 12.7 Å². The van der Waals surface area contributed by atoms with Gasteiger partial charge in [-0.2, -0.15) is 4.79 Å². The maximum absolute atomic E-state index is 11.7. The zero-order valence-electron chi connectivity index (χ0n) is 10.7. The molecule has 0 aliphatic carbocycles. The van der Waals surface area contributed by atoms with Crippen molar-refractivity contribution in [2.75, 3.05) is 7.11 Å². The summed E-state index contributed by atoms with van der Waals surface area (Å²) in [5.41, 5.74) is 10.8. The third kappa shape index (κ3) is 2.62. The van der Waals surface area contributed by atoms with Crippen LogP contribution in [0.15, 0.2) is 48.5 Å². The van der Waals surface area contributed by atoms with Crippen molar-refractivity contribution in [2.24, 2.45) is 0 Å². The molecule has 20 heavy (non-hydrogen) atoms. The Morgan fingerprint density at radius 3 is 2.30 bits per heavy atom. The summed E-state index contributed by atoms with van der Waals surface area (Å²) in [5, 5.41) is 0.544. The van der Waals surface area contributed by atoms with E-state index in [9.17, 15) is 4.79 Å². The fourth-order valence-electron chi connectivity index (χ4n) is 1.91. The summed E-state index contributed by atoms with van der Waals surface area (Å²) in [5.74, 6) is -0.716. The molecule has 0 unspecified atom stereocenters. The average Bonchev–Trinajstić information content (AvgIpc) is 2.49. The quantitative estimate of drug-likeness (QED) is 0.376. The van der Waals surface area contributed by atoms with E-state index in [0.717, 1.165) is 5.56 Å². The monoisotopic (exact) mass is 286 g/mol. The standard InChI is InChI=1S/C15H11ClN2O2/c1-20-15(19)14(18-17)12-8-3-2-6-10(12)11-7-4-5-9-13(11)16/h2-9H,1H3. The topological polar surface area (TPSA) is 62.7 Å². The van der Waals surface area contributed by atoms with Gasteiger partial charge in [-0.15, -0.1) is 0 Å². The summed E-state index contributed by atoms with van der Waals surface area (Å²) in [6.45, 7) is 0. The van der Waals surface area contributed by atoms with E-state index in [4.69, 9.17) is 17.1 Å². The number of hydrogen-bond donors (Lipinski definition) is 0. The number of benzene rings is 2. The van der Waals surface area contributed by atoms with E-state index in [0.29, 0.717) is 16.1 Å². The second-order valence-electron chi connectivity index (χ2n) is 3.97. The highest BCUT2D eigenvalue weighted by atomic mass is 35.5. The van der Waals surface area contributed by atoms with Gasteiger partial charge in [0, 0.05) is 10.6 Å². The molecule has 0 aromatic heterocycles. The van der Waals surface area contributed by atoms with Crippen molar-refractivity contribution in [1.82, 2.24) is 0 Å². The summed E-state index contributed by atoms with van der Waals surface area (Å²) >= 11 is 6.17. The summed E-state index contributed by atoms with van der Waals surface area (Å²) in [6, 6.07) is 14.3. The van der Waals surface area contributed by atoms with Gasteiger partial charge in [-0.1, -0.05) is 48.0 Å². The first-order valence-corrected chi connectivity index (χ1v) is 6.21. The number of halogens is 1. The third-order valence-corrected chi connectivity index (χ3v) is 3.15. The number of nitrogens with zero attached hydrogens (tertiary/aromatic N) is 2. The lowest BCUT2D eigenvalue weighted by molar-refractivity contribution is -0.137. The predicted molar refractivity (Wildman–Crippen MR) is 76.6 cm³/mol. The van der Waals surface area contributed by atoms with Gasteiger partial charge < -0.3 is 10.3 Å². The van der Waals surface area contributed by atoms with Gasteiger partial charge in [0.1, 0.15) is 0 Å². The molecule has 0 radical (unpaired) electrons. The number of carbonyl (C=O) groups is 1. The second kappa shape index (κ2) is 6.15. The Labute approximate surface area is 121 Å². The summed E-state index contributed by atoms with van der Waals surface area (Å²) in [7, 11) is 1.23. The number of esters is 1. The van der Waals surface area contributed by atoms with Gasteiger partial charge in [0.2, 0.25) is 0 Å². The molecule has 2 rings (SSSR count). The van der Waals surface area contributed by atoms with Crippen molar-refractivity contribution in [3.63, 3.8) is 0 Å². The zero-order valence-corrected chi connectivity index (χ0v) is 11.5. The van der Waals surface area contributed by atoms with Crippen LogP contribution in [0.5, 0.6) is 0 Å². The van der Waals surface area contributed by atoms with E-state index >= 15 is 0 Å². The molecule has 0 N–H and O–H groups in total. The molecule has 0 saturated heterocycles. The normalized spacial score (nSPS) is 9.70. The summed E-state index contributed by atoms with van der Waals surface area (Å²) < 4.78 is 4.62. The van der Waals surface area contributed by atoms with E-state index in [1.165, 1.54) is 7.11 Å². The average molecular weight is 287 g/mol. The first-order chi connectivity index (χ1) is 9.69. The highest BCUT2D eigenvalue weighted by molar-refractivity contribution is 6.42. The van der Waals surface area contributed by atoms with Crippen LogP contribution < -0.4 is 0 Å². The fourth-order valence-corrected chi connectivity index (χ4v) is 2.14. The molecule has 0 heterocycles. The lowest BCUT2D eigenvalue weighted by Crippen LogP contribution is -2.19.